The van der Waals surface area contributed by atoms with Gasteiger partial charge in [0.05, 0.1) is 13.0 Å². The maximum atomic E-state index is 12.5. The van der Waals surface area contributed by atoms with E-state index in [1.165, 1.54) is 0 Å². The Balaban J connectivity index is 1.50. The number of anilines is 1. The predicted molar refractivity (Wildman–Crippen MR) is 102 cm³/mol. The fourth-order valence-corrected chi connectivity index (χ4v) is 3.64. The zero-order chi connectivity index (χ0) is 19.2. The van der Waals surface area contributed by atoms with Gasteiger partial charge < -0.3 is 19.9 Å². The summed E-state index contributed by atoms with van der Waals surface area (Å²) in [7, 11) is 1.58. The Morgan fingerprint density at radius 1 is 1.22 bits per heavy atom. The summed E-state index contributed by atoms with van der Waals surface area (Å²) in [5.41, 5.74) is 0.741. The molecule has 0 saturated carbocycles. The van der Waals surface area contributed by atoms with Gasteiger partial charge in [-0.3, -0.25) is 14.4 Å². The van der Waals surface area contributed by atoms with Crippen molar-refractivity contribution in [3.8, 4) is 5.75 Å². The van der Waals surface area contributed by atoms with Crippen molar-refractivity contribution in [1.29, 1.82) is 0 Å². The van der Waals surface area contributed by atoms with Crippen LogP contribution in [0.5, 0.6) is 5.75 Å². The van der Waals surface area contributed by atoms with Gasteiger partial charge in [-0.15, -0.1) is 0 Å². The van der Waals surface area contributed by atoms with Gasteiger partial charge in [-0.25, -0.2) is 0 Å². The third-order valence-electron chi connectivity index (χ3n) is 5.21. The molecule has 146 valence electrons. The van der Waals surface area contributed by atoms with E-state index in [1.54, 1.807) is 18.1 Å². The van der Waals surface area contributed by atoms with Crippen molar-refractivity contribution in [2.45, 2.75) is 32.1 Å². The number of carbonyl (C=O) groups is 3. The van der Waals surface area contributed by atoms with Crippen LogP contribution in [0, 0.1) is 5.92 Å². The van der Waals surface area contributed by atoms with E-state index in [0.717, 1.165) is 31.5 Å². The summed E-state index contributed by atoms with van der Waals surface area (Å²) in [5.74, 6) is 0.281. The Bertz CT molecular complexity index is 706. The van der Waals surface area contributed by atoms with Crippen LogP contribution in [0.25, 0.3) is 0 Å². The lowest BCUT2D eigenvalue weighted by Gasteiger charge is -2.21. The molecule has 2 aliphatic rings. The average Bonchev–Trinajstić information content (AvgIpc) is 2.96. The van der Waals surface area contributed by atoms with Crippen molar-refractivity contribution in [3.05, 3.63) is 24.3 Å². The fourth-order valence-electron chi connectivity index (χ4n) is 3.64. The molecule has 3 rings (SSSR count). The van der Waals surface area contributed by atoms with Gasteiger partial charge in [0.25, 0.3) is 0 Å². The van der Waals surface area contributed by atoms with Crippen LogP contribution in [0.1, 0.15) is 32.1 Å². The lowest BCUT2D eigenvalue weighted by atomic mass is 10.1. The van der Waals surface area contributed by atoms with Crippen molar-refractivity contribution in [2.75, 3.05) is 38.2 Å². The SMILES string of the molecule is COc1cccc(N2CC(C(=O)NCCN3CCCCCC3=O)CC2=O)c1. The molecule has 1 aromatic rings. The highest BCUT2D eigenvalue weighted by Gasteiger charge is 2.35. The van der Waals surface area contributed by atoms with Gasteiger partial charge in [-0.2, -0.15) is 0 Å². The van der Waals surface area contributed by atoms with Crippen LogP contribution in [-0.4, -0.2) is 55.9 Å². The van der Waals surface area contributed by atoms with Gasteiger partial charge in [0.2, 0.25) is 17.7 Å². The Kier molecular flexibility index (Phi) is 6.32. The average molecular weight is 373 g/mol. The number of nitrogens with zero attached hydrogens (tertiary/aromatic N) is 2. The maximum absolute atomic E-state index is 12.5. The molecule has 0 aromatic heterocycles. The predicted octanol–water partition coefficient (Wildman–Crippen LogP) is 1.57. The third-order valence-corrected chi connectivity index (χ3v) is 5.21. The molecule has 2 fully saturated rings. The third kappa shape index (κ3) is 4.78. The molecule has 0 bridgehead atoms. The second-order valence-electron chi connectivity index (χ2n) is 7.09. The number of amides is 3. The summed E-state index contributed by atoms with van der Waals surface area (Å²) in [6, 6.07) is 7.28. The van der Waals surface area contributed by atoms with Gasteiger partial charge >= 0.3 is 0 Å². The summed E-state index contributed by atoms with van der Waals surface area (Å²) in [4.78, 5) is 40.3. The summed E-state index contributed by atoms with van der Waals surface area (Å²) in [5, 5.41) is 2.89. The van der Waals surface area contributed by atoms with Gasteiger partial charge in [0, 0.05) is 50.8 Å². The molecule has 1 unspecified atom stereocenters. The number of carbonyl (C=O) groups excluding carboxylic acids is 3. The number of hydrogen-bond donors (Lipinski definition) is 1. The van der Waals surface area contributed by atoms with Crippen LogP contribution in [-0.2, 0) is 14.4 Å². The topological polar surface area (TPSA) is 79.0 Å². The van der Waals surface area contributed by atoms with E-state index in [2.05, 4.69) is 5.32 Å². The zero-order valence-electron chi connectivity index (χ0n) is 15.8. The Hall–Kier alpha value is -2.57. The van der Waals surface area contributed by atoms with Crippen molar-refractivity contribution >= 4 is 23.4 Å². The summed E-state index contributed by atoms with van der Waals surface area (Å²) < 4.78 is 5.20. The quantitative estimate of drug-likeness (QED) is 0.821. The number of ether oxygens (including phenoxy) is 1. The second-order valence-corrected chi connectivity index (χ2v) is 7.09. The van der Waals surface area contributed by atoms with Gasteiger partial charge in [0.15, 0.2) is 0 Å². The molecule has 7 nitrogen and oxygen atoms in total. The zero-order valence-corrected chi connectivity index (χ0v) is 15.8. The minimum absolute atomic E-state index is 0.0638. The van der Waals surface area contributed by atoms with E-state index in [1.807, 2.05) is 23.1 Å². The molecule has 2 aliphatic heterocycles. The van der Waals surface area contributed by atoms with Crippen molar-refractivity contribution in [2.24, 2.45) is 5.92 Å². The number of benzene rings is 1. The number of hydrogen-bond acceptors (Lipinski definition) is 4. The van der Waals surface area contributed by atoms with E-state index >= 15 is 0 Å². The normalized spacial score (nSPS) is 20.6. The summed E-state index contributed by atoms with van der Waals surface area (Å²) >= 11 is 0. The highest BCUT2D eigenvalue weighted by atomic mass is 16.5. The lowest BCUT2D eigenvalue weighted by molar-refractivity contribution is -0.131. The molecule has 2 saturated heterocycles. The first kappa shape index (κ1) is 19.2. The molecule has 1 atom stereocenters. The van der Waals surface area contributed by atoms with Crippen LogP contribution in [0.2, 0.25) is 0 Å². The highest BCUT2D eigenvalue weighted by Crippen LogP contribution is 2.27. The van der Waals surface area contributed by atoms with Crippen LogP contribution in [0.15, 0.2) is 24.3 Å². The number of nitrogens with one attached hydrogen (secondary N) is 1. The van der Waals surface area contributed by atoms with E-state index in [4.69, 9.17) is 4.74 Å². The van der Waals surface area contributed by atoms with Gasteiger partial charge in [0.1, 0.15) is 5.75 Å². The van der Waals surface area contributed by atoms with Crippen LogP contribution >= 0.6 is 0 Å². The minimum atomic E-state index is -0.372. The molecule has 27 heavy (non-hydrogen) atoms. The Labute approximate surface area is 159 Å². The molecular formula is C20H27N3O4. The van der Waals surface area contributed by atoms with E-state index in [9.17, 15) is 14.4 Å². The largest absolute Gasteiger partial charge is 0.497 e. The van der Waals surface area contributed by atoms with E-state index in [-0.39, 0.29) is 30.1 Å². The molecule has 7 heteroatoms. The van der Waals surface area contributed by atoms with Crippen LogP contribution < -0.4 is 15.0 Å². The summed E-state index contributed by atoms with van der Waals surface area (Å²) in [6.07, 6.45) is 3.85. The van der Waals surface area contributed by atoms with Crippen LogP contribution in [0.4, 0.5) is 5.69 Å². The molecule has 0 aliphatic carbocycles. The maximum Gasteiger partial charge on any atom is 0.227 e. The van der Waals surface area contributed by atoms with E-state index in [0.29, 0.717) is 31.8 Å². The standard InChI is InChI=1S/C20H27N3O4/c1-27-17-7-5-6-16(13-17)23-14-15(12-19(23)25)20(26)21-9-11-22-10-4-2-3-8-18(22)24/h5-7,13,15H,2-4,8-12,14H2,1H3,(H,21,26). The Morgan fingerprint density at radius 2 is 2.07 bits per heavy atom. The van der Waals surface area contributed by atoms with Crippen LogP contribution in [0.3, 0.4) is 0 Å². The van der Waals surface area contributed by atoms with Crippen molar-refractivity contribution in [1.82, 2.24) is 10.2 Å². The van der Waals surface area contributed by atoms with Gasteiger partial charge in [-0.1, -0.05) is 12.5 Å². The molecule has 1 aromatic carbocycles. The first-order chi connectivity index (χ1) is 13.1. The fraction of sp³-hybridized carbons (Fsp3) is 0.550. The first-order valence-corrected chi connectivity index (χ1v) is 9.58. The molecule has 3 amide bonds. The smallest absolute Gasteiger partial charge is 0.227 e. The Morgan fingerprint density at radius 3 is 2.89 bits per heavy atom. The van der Waals surface area contributed by atoms with Crippen molar-refractivity contribution < 1.29 is 19.1 Å². The van der Waals surface area contributed by atoms with E-state index < -0.39 is 0 Å². The summed E-state index contributed by atoms with van der Waals surface area (Å²) in [6.45, 7) is 2.08. The monoisotopic (exact) mass is 373 g/mol. The molecule has 2 heterocycles. The molecule has 1 N–H and O–H groups in total. The number of likely N-dealkylation sites (tertiary alicyclic amines) is 1. The lowest BCUT2D eigenvalue weighted by Crippen LogP contribution is -2.40. The highest BCUT2D eigenvalue weighted by molar-refractivity contribution is 6.00. The molecule has 0 spiro atoms. The second kappa shape index (κ2) is 8.88. The minimum Gasteiger partial charge on any atom is -0.497 e. The number of methoxy groups -OCH3 is 1. The molecular weight excluding hydrogens is 346 g/mol. The van der Waals surface area contributed by atoms with Gasteiger partial charge in [-0.05, 0) is 25.0 Å². The van der Waals surface area contributed by atoms with Crippen molar-refractivity contribution in [3.63, 3.8) is 0 Å². The first-order valence-electron chi connectivity index (χ1n) is 9.58. The molecule has 0 radical (unpaired) electrons. The number of rotatable bonds is 6.